The van der Waals surface area contributed by atoms with Crippen molar-refractivity contribution in [3.05, 3.63) is 52.5 Å². The van der Waals surface area contributed by atoms with Crippen LogP contribution in [0.5, 0.6) is 0 Å². The molecule has 1 aliphatic rings. The summed E-state index contributed by atoms with van der Waals surface area (Å²) in [5.74, 6) is -0.290. The Hall–Kier alpha value is -1.48. The maximum absolute atomic E-state index is 11.6. The number of rotatable bonds is 1. The van der Waals surface area contributed by atoms with Crippen LogP contribution in [-0.4, -0.2) is 11.6 Å². The second kappa shape index (κ2) is 3.95. The van der Waals surface area contributed by atoms with Crippen molar-refractivity contribution in [2.75, 3.05) is 0 Å². The maximum Gasteiger partial charge on any atom is 0.186 e. The molecule has 2 nitrogen and oxygen atoms in total. The lowest BCUT2D eigenvalue weighted by molar-refractivity contribution is -0.113. The summed E-state index contributed by atoms with van der Waals surface area (Å²) >= 11 is 3.35. The van der Waals surface area contributed by atoms with Gasteiger partial charge in [-0.2, -0.15) is 0 Å². The molecule has 1 aliphatic carbocycles. The Morgan fingerprint density at radius 1 is 1.00 bits per heavy atom. The van der Waals surface area contributed by atoms with Gasteiger partial charge in [0.25, 0.3) is 0 Å². The molecule has 0 atom stereocenters. The predicted octanol–water partition coefficient (Wildman–Crippen LogP) is 2.54. The lowest BCUT2D eigenvalue weighted by atomic mass is 9.96. The molecule has 1 aromatic carbocycles. The monoisotopic (exact) mass is 262 g/mol. The quantitative estimate of drug-likeness (QED) is 0.729. The van der Waals surface area contributed by atoms with E-state index >= 15 is 0 Å². The standard InChI is InChI=1S/C12H7BrO2/c13-11-4-2-1-3-9(11)10-7-8(14)5-6-12(10)15/h1-7H. The first-order valence-electron chi connectivity index (χ1n) is 4.41. The number of carbonyl (C=O) groups excluding carboxylic acids is 2. The van der Waals surface area contributed by atoms with Crippen molar-refractivity contribution in [2.45, 2.75) is 0 Å². The van der Waals surface area contributed by atoms with Gasteiger partial charge in [-0.05, 0) is 29.9 Å². The van der Waals surface area contributed by atoms with Crippen LogP contribution in [0, 0.1) is 0 Å². The highest BCUT2D eigenvalue weighted by Crippen LogP contribution is 2.26. The Bertz CT molecular complexity index is 498. The molecule has 3 heteroatoms. The van der Waals surface area contributed by atoms with E-state index in [4.69, 9.17) is 0 Å². The molecular formula is C12H7BrO2. The highest BCUT2D eigenvalue weighted by atomic mass is 79.9. The summed E-state index contributed by atoms with van der Waals surface area (Å²) in [7, 11) is 0. The molecule has 0 heterocycles. The van der Waals surface area contributed by atoms with E-state index in [1.165, 1.54) is 18.2 Å². The van der Waals surface area contributed by atoms with Crippen LogP contribution in [0.2, 0.25) is 0 Å². The van der Waals surface area contributed by atoms with Crippen LogP contribution < -0.4 is 0 Å². The van der Waals surface area contributed by atoms with E-state index in [9.17, 15) is 9.59 Å². The lowest BCUT2D eigenvalue weighted by Gasteiger charge is -2.08. The number of hydrogen-bond acceptors (Lipinski definition) is 2. The fourth-order valence-electron chi connectivity index (χ4n) is 1.40. The van der Waals surface area contributed by atoms with Crippen molar-refractivity contribution in [2.24, 2.45) is 0 Å². The fourth-order valence-corrected chi connectivity index (χ4v) is 1.90. The van der Waals surface area contributed by atoms with Crippen LogP contribution >= 0.6 is 15.9 Å². The molecule has 0 fully saturated rings. The minimum Gasteiger partial charge on any atom is -0.290 e. The summed E-state index contributed by atoms with van der Waals surface area (Å²) in [4.78, 5) is 22.7. The van der Waals surface area contributed by atoms with Gasteiger partial charge in [-0.25, -0.2) is 0 Å². The average Bonchev–Trinajstić information content (AvgIpc) is 2.23. The van der Waals surface area contributed by atoms with Crippen molar-refractivity contribution >= 4 is 33.1 Å². The summed E-state index contributed by atoms with van der Waals surface area (Å²) in [5, 5.41) is 0. The molecular weight excluding hydrogens is 256 g/mol. The van der Waals surface area contributed by atoms with E-state index in [2.05, 4.69) is 15.9 Å². The number of benzene rings is 1. The normalized spacial score (nSPS) is 15.4. The largest absolute Gasteiger partial charge is 0.290 e. The number of halogens is 1. The maximum atomic E-state index is 11.6. The molecule has 0 aromatic heterocycles. The molecule has 0 bridgehead atoms. The van der Waals surface area contributed by atoms with E-state index in [0.29, 0.717) is 5.57 Å². The summed E-state index contributed by atoms with van der Waals surface area (Å²) in [5.41, 5.74) is 1.19. The van der Waals surface area contributed by atoms with Gasteiger partial charge in [-0.1, -0.05) is 34.1 Å². The minimum absolute atomic E-state index is 0.137. The van der Waals surface area contributed by atoms with Gasteiger partial charge < -0.3 is 0 Å². The number of allylic oxidation sites excluding steroid dienone is 4. The molecule has 0 spiro atoms. The molecule has 1 aromatic rings. The molecule has 74 valence electrons. The average molecular weight is 263 g/mol. The highest BCUT2D eigenvalue weighted by molar-refractivity contribution is 9.10. The van der Waals surface area contributed by atoms with Gasteiger partial charge in [0.15, 0.2) is 11.6 Å². The van der Waals surface area contributed by atoms with Crippen molar-refractivity contribution in [3.8, 4) is 0 Å². The van der Waals surface area contributed by atoms with Crippen molar-refractivity contribution in [1.82, 2.24) is 0 Å². The zero-order valence-corrected chi connectivity index (χ0v) is 9.32. The molecule has 0 radical (unpaired) electrons. The minimum atomic E-state index is -0.152. The van der Waals surface area contributed by atoms with E-state index in [1.807, 2.05) is 18.2 Å². The predicted molar refractivity (Wildman–Crippen MR) is 61.3 cm³/mol. The van der Waals surface area contributed by atoms with Crippen molar-refractivity contribution in [3.63, 3.8) is 0 Å². The van der Waals surface area contributed by atoms with Crippen molar-refractivity contribution in [1.29, 1.82) is 0 Å². The van der Waals surface area contributed by atoms with Gasteiger partial charge in [0.2, 0.25) is 0 Å². The Morgan fingerprint density at radius 3 is 2.47 bits per heavy atom. The second-order valence-corrected chi connectivity index (χ2v) is 3.99. The zero-order chi connectivity index (χ0) is 10.8. The first kappa shape index (κ1) is 10.1. The molecule has 2 rings (SSSR count). The summed E-state index contributed by atoms with van der Waals surface area (Å²) in [6.07, 6.45) is 3.95. The molecule has 15 heavy (non-hydrogen) atoms. The number of ketones is 2. The van der Waals surface area contributed by atoms with Crippen molar-refractivity contribution < 1.29 is 9.59 Å². The lowest BCUT2D eigenvalue weighted by Crippen LogP contribution is -2.06. The Balaban J connectivity index is 2.52. The van der Waals surface area contributed by atoms with E-state index < -0.39 is 0 Å². The number of carbonyl (C=O) groups is 2. The SMILES string of the molecule is O=C1C=CC(=O)C(c2ccccc2Br)=C1. The Labute approximate surface area is 95.4 Å². The smallest absolute Gasteiger partial charge is 0.186 e. The van der Waals surface area contributed by atoms with E-state index in [-0.39, 0.29) is 11.6 Å². The summed E-state index contributed by atoms with van der Waals surface area (Å²) < 4.78 is 0.813. The summed E-state index contributed by atoms with van der Waals surface area (Å²) in [6, 6.07) is 7.34. The van der Waals surface area contributed by atoms with Crippen LogP contribution in [-0.2, 0) is 9.59 Å². The molecule has 0 saturated carbocycles. The van der Waals surface area contributed by atoms with Crippen LogP contribution in [0.25, 0.3) is 5.57 Å². The van der Waals surface area contributed by atoms with Gasteiger partial charge in [0.05, 0.1) is 0 Å². The van der Waals surface area contributed by atoms with E-state index in [1.54, 1.807) is 6.07 Å². The van der Waals surface area contributed by atoms with Crippen LogP contribution in [0.4, 0.5) is 0 Å². The molecule has 0 amide bonds. The molecule has 0 saturated heterocycles. The van der Waals surface area contributed by atoms with Gasteiger partial charge in [0, 0.05) is 10.0 Å². The first-order valence-corrected chi connectivity index (χ1v) is 5.21. The molecule has 0 aliphatic heterocycles. The van der Waals surface area contributed by atoms with Gasteiger partial charge in [0.1, 0.15) is 0 Å². The highest BCUT2D eigenvalue weighted by Gasteiger charge is 2.16. The van der Waals surface area contributed by atoms with Gasteiger partial charge in [-0.15, -0.1) is 0 Å². The third-order valence-corrected chi connectivity index (χ3v) is 2.81. The fraction of sp³-hybridized carbons (Fsp3) is 0. The zero-order valence-electron chi connectivity index (χ0n) is 7.74. The van der Waals surface area contributed by atoms with Crippen LogP contribution in [0.15, 0.2) is 47.0 Å². The number of hydrogen-bond donors (Lipinski definition) is 0. The summed E-state index contributed by atoms with van der Waals surface area (Å²) in [6.45, 7) is 0. The Kier molecular flexibility index (Phi) is 2.64. The third kappa shape index (κ3) is 1.97. The van der Waals surface area contributed by atoms with Gasteiger partial charge >= 0.3 is 0 Å². The third-order valence-electron chi connectivity index (χ3n) is 2.12. The van der Waals surface area contributed by atoms with Crippen LogP contribution in [0.1, 0.15) is 5.56 Å². The second-order valence-electron chi connectivity index (χ2n) is 3.14. The van der Waals surface area contributed by atoms with Gasteiger partial charge in [-0.3, -0.25) is 9.59 Å². The topological polar surface area (TPSA) is 34.1 Å². The van der Waals surface area contributed by atoms with Crippen LogP contribution in [0.3, 0.4) is 0 Å². The Morgan fingerprint density at radius 2 is 1.73 bits per heavy atom. The molecule has 0 unspecified atom stereocenters. The molecule has 0 N–H and O–H groups in total. The van der Waals surface area contributed by atoms with E-state index in [0.717, 1.165) is 10.0 Å². The first-order chi connectivity index (χ1) is 7.18.